The highest BCUT2D eigenvalue weighted by atomic mass is 33.1. The van der Waals surface area contributed by atoms with Crippen LogP contribution >= 0.6 is 21.6 Å². The molecule has 0 radical (unpaired) electrons. The Morgan fingerprint density at radius 2 is 0.778 bits per heavy atom. The van der Waals surface area contributed by atoms with E-state index in [1.807, 2.05) is 121 Å². The fourth-order valence-electron chi connectivity index (χ4n) is 2.63. The molecular formula is C26H22N8S2. The highest BCUT2D eigenvalue weighted by Crippen LogP contribution is 2.28. The molecule has 4 aromatic carbocycles. The van der Waals surface area contributed by atoms with Crippen molar-refractivity contribution in [2.75, 3.05) is 10.9 Å². The summed E-state index contributed by atoms with van der Waals surface area (Å²) in [6.45, 7) is 0. The minimum Gasteiger partial charge on any atom is -0.276 e. The van der Waals surface area contributed by atoms with E-state index in [1.54, 1.807) is 0 Å². The Hall–Kier alpha value is -4.28. The number of hydrazone groups is 2. The molecule has 0 aromatic heterocycles. The maximum absolute atomic E-state index is 4.42. The molecule has 0 atom stereocenters. The molecule has 36 heavy (non-hydrogen) atoms. The number of azo groups is 2. The molecule has 0 saturated carbocycles. The smallest absolute Gasteiger partial charge is 0.238 e. The molecule has 0 aliphatic heterocycles. The quantitative estimate of drug-likeness (QED) is 0.0891. The summed E-state index contributed by atoms with van der Waals surface area (Å²) in [7, 11) is 2.52. The molecule has 0 bridgehead atoms. The maximum atomic E-state index is 4.42. The second-order valence-corrected chi connectivity index (χ2v) is 9.05. The van der Waals surface area contributed by atoms with Gasteiger partial charge in [0.2, 0.25) is 10.3 Å². The fourth-order valence-corrected chi connectivity index (χ4v) is 3.96. The SMILES string of the molecule is c1ccc(N=NC(=NNc2ccccc2)SSC(N=Nc2ccccc2)=NNc2ccccc2)cc1. The van der Waals surface area contributed by atoms with Crippen LogP contribution in [0.1, 0.15) is 0 Å². The third-order valence-corrected chi connectivity index (χ3v) is 6.19. The van der Waals surface area contributed by atoms with Crippen LogP contribution in [0.3, 0.4) is 0 Å². The molecule has 4 rings (SSSR count). The van der Waals surface area contributed by atoms with Gasteiger partial charge in [0.05, 0.1) is 22.7 Å². The molecule has 0 unspecified atom stereocenters. The Morgan fingerprint density at radius 3 is 1.14 bits per heavy atom. The van der Waals surface area contributed by atoms with Crippen LogP contribution in [0.5, 0.6) is 0 Å². The average Bonchev–Trinajstić information content (AvgIpc) is 2.95. The zero-order chi connectivity index (χ0) is 24.7. The van der Waals surface area contributed by atoms with E-state index in [-0.39, 0.29) is 0 Å². The Balaban J connectivity index is 1.52. The number of amidine groups is 2. The van der Waals surface area contributed by atoms with E-state index in [0.29, 0.717) is 10.3 Å². The molecule has 10 heteroatoms. The predicted octanol–water partition coefficient (Wildman–Crippen LogP) is 8.70. The summed E-state index contributed by atoms with van der Waals surface area (Å²) < 4.78 is 0. The summed E-state index contributed by atoms with van der Waals surface area (Å²) in [6, 6.07) is 38.2. The van der Waals surface area contributed by atoms with Crippen LogP contribution in [0.15, 0.2) is 152 Å². The third-order valence-electron chi connectivity index (χ3n) is 4.31. The van der Waals surface area contributed by atoms with Gasteiger partial charge >= 0.3 is 0 Å². The first-order chi connectivity index (χ1) is 17.8. The third kappa shape index (κ3) is 8.82. The molecule has 0 heterocycles. The van der Waals surface area contributed by atoms with Gasteiger partial charge in [-0.25, -0.2) is 0 Å². The van der Waals surface area contributed by atoms with Gasteiger partial charge in [0, 0.05) is 0 Å². The van der Waals surface area contributed by atoms with Gasteiger partial charge in [-0.2, -0.15) is 0 Å². The second kappa shape index (κ2) is 14.2. The first-order valence-electron chi connectivity index (χ1n) is 10.9. The molecule has 0 spiro atoms. The van der Waals surface area contributed by atoms with Crippen LogP contribution < -0.4 is 10.9 Å². The second-order valence-electron chi connectivity index (χ2n) is 6.98. The number of anilines is 2. The van der Waals surface area contributed by atoms with Crippen molar-refractivity contribution in [3.63, 3.8) is 0 Å². The first kappa shape index (κ1) is 24.8. The first-order valence-corrected chi connectivity index (χ1v) is 13.1. The van der Waals surface area contributed by atoms with Crippen molar-refractivity contribution in [2.45, 2.75) is 0 Å². The van der Waals surface area contributed by atoms with E-state index >= 15 is 0 Å². The number of para-hydroxylation sites is 2. The molecule has 4 aromatic rings. The Labute approximate surface area is 217 Å². The van der Waals surface area contributed by atoms with Crippen LogP contribution in [0, 0.1) is 0 Å². The zero-order valence-corrected chi connectivity index (χ0v) is 20.7. The lowest BCUT2D eigenvalue weighted by Gasteiger charge is -2.04. The van der Waals surface area contributed by atoms with Crippen LogP contribution in [0.25, 0.3) is 0 Å². The van der Waals surface area contributed by atoms with Crippen molar-refractivity contribution >= 4 is 54.7 Å². The molecule has 0 aliphatic carbocycles. The van der Waals surface area contributed by atoms with Crippen LogP contribution in [-0.2, 0) is 0 Å². The lowest BCUT2D eigenvalue weighted by Crippen LogP contribution is -1.97. The number of benzene rings is 4. The Morgan fingerprint density at radius 1 is 0.444 bits per heavy atom. The lowest BCUT2D eigenvalue weighted by atomic mass is 10.3. The number of nitrogens with zero attached hydrogens (tertiary/aromatic N) is 6. The highest BCUT2D eigenvalue weighted by Gasteiger charge is 2.07. The fraction of sp³-hybridized carbons (Fsp3) is 0. The lowest BCUT2D eigenvalue weighted by molar-refractivity contribution is 1.25. The molecule has 0 fully saturated rings. The van der Waals surface area contributed by atoms with Gasteiger partial charge in [-0.05, 0) is 70.1 Å². The van der Waals surface area contributed by atoms with Crippen molar-refractivity contribution in [1.82, 2.24) is 0 Å². The van der Waals surface area contributed by atoms with E-state index in [4.69, 9.17) is 0 Å². The van der Waals surface area contributed by atoms with Gasteiger partial charge in [0.1, 0.15) is 0 Å². The topological polar surface area (TPSA) is 98.2 Å². The number of hydrogen-bond donors (Lipinski definition) is 2. The highest BCUT2D eigenvalue weighted by molar-refractivity contribution is 8.87. The summed E-state index contributed by atoms with van der Waals surface area (Å²) in [4.78, 5) is 0. The average molecular weight is 511 g/mol. The zero-order valence-electron chi connectivity index (χ0n) is 19.0. The van der Waals surface area contributed by atoms with E-state index in [9.17, 15) is 0 Å². The standard InChI is InChI=1S/C26H22N8S2/c1-5-13-21(14-6-1)27-31-25(32-28-22-15-7-2-8-16-22)35-36-26(33-29-23-17-9-3-10-18-23)34-30-24-19-11-4-12-20-24/h1-20,27,29H. The molecule has 2 N–H and O–H groups in total. The van der Waals surface area contributed by atoms with Gasteiger partial charge in [-0.1, -0.05) is 72.8 Å². The van der Waals surface area contributed by atoms with Crippen LogP contribution in [0.4, 0.5) is 22.7 Å². The number of hydrogen-bond acceptors (Lipinski definition) is 8. The summed E-state index contributed by atoms with van der Waals surface area (Å²) in [6.07, 6.45) is 0. The summed E-state index contributed by atoms with van der Waals surface area (Å²) in [5, 5.41) is 26.8. The largest absolute Gasteiger partial charge is 0.276 e. The molecular weight excluding hydrogens is 488 g/mol. The molecule has 178 valence electrons. The van der Waals surface area contributed by atoms with Gasteiger partial charge in [0.15, 0.2) is 0 Å². The van der Waals surface area contributed by atoms with E-state index in [0.717, 1.165) is 22.7 Å². The predicted molar refractivity (Wildman–Crippen MR) is 152 cm³/mol. The summed E-state index contributed by atoms with van der Waals surface area (Å²) in [5.74, 6) is 0. The van der Waals surface area contributed by atoms with Gasteiger partial charge in [-0.3, -0.25) is 10.9 Å². The molecule has 0 amide bonds. The van der Waals surface area contributed by atoms with Crippen molar-refractivity contribution < 1.29 is 0 Å². The van der Waals surface area contributed by atoms with Crippen molar-refractivity contribution in [2.24, 2.45) is 30.7 Å². The monoisotopic (exact) mass is 510 g/mol. The summed E-state index contributed by atoms with van der Waals surface area (Å²) in [5.41, 5.74) is 9.13. The normalized spacial score (nSPS) is 12.2. The van der Waals surface area contributed by atoms with E-state index in [2.05, 4.69) is 41.5 Å². The van der Waals surface area contributed by atoms with Crippen molar-refractivity contribution in [3.8, 4) is 0 Å². The minimum atomic E-state index is 0.384. The van der Waals surface area contributed by atoms with Crippen molar-refractivity contribution in [1.29, 1.82) is 0 Å². The summed E-state index contributed by atoms with van der Waals surface area (Å²) >= 11 is 0. The van der Waals surface area contributed by atoms with Gasteiger partial charge in [-0.15, -0.1) is 30.7 Å². The number of nitrogens with one attached hydrogen (secondary N) is 2. The van der Waals surface area contributed by atoms with E-state index < -0.39 is 0 Å². The maximum Gasteiger partial charge on any atom is 0.238 e. The Kier molecular flexibility index (Phi) is 9.79. The van der Waals surface area contributed by atoms with Crippen LogP contribution in [-0.4, -0.2) is 10.3 Å². The molecule has 0 saturated heterocycles. The molecule has 8 nitrogen and oxygen atoms in total. The van der Waals surface area contributed by atoms with E-state index in [1.165, 1.54) is 21.6 Å². The van der Waals surface area contributed by atoms with Crippen molar-refractivity contribution in [3.05, 3.63) is 121 Å². The Bertz CT molecular complexity index is 1210. The minimum absolute atomic E-state index is 0.384. The van der Waals surface area contributed by atoms with Crippen LogP contribution in [0.2, 0.25) is 0 Å². The molecule has 0 aliphatic rings. The number of rotatable bonds is 6. The van der Waals surface area contributed by atoms with Gasteiger partial charge in [0.25, 0.3) is 0 Å². The van der Waals surface area contributed by atoms with Gasteiger partial charge < -0.3 is 0 Å².